The third-order valence-corrected chi connectivity index (χ3v) is 3.64. The Balaban J connectivity index is 1.81. The zero-order valence-corrected chi connectivity index (χ0v) is 13.4. The molecule has 0 unspecified atom stereocenters. The molecule has 0 N–H and O–H groups in total. The lowest BCUT2D eigenvalue weighted by Gasteiger charge is -2.20. The standard InChI is InChI=1S/C18H15NO6/c1-23-16-10-12(11-17-18(16)25-9-8-24-17)2-7-15(20)13-3-5-14(6-4-13)19(21)22/h2-7,10-11H,8-9H2,1H3/b7-2+. The summed E-state index contributed by atoms with van der Waals surface area (Å²) >= 11 is 0. The minimum absolute atomic E-state index is 0.0582. The quantitative estimate of drug-likeness (QED) is 0.359. The number of nitro benzene ring substituents is 1. The second-order valence-corrected chi connectivity index (χ2v) is 5.25. The highest BCUT2D eigenvalue weighted by Crippen LogP contribution is 2.40. The number of allylic oxidation sites excluding steroid dienone is 1. The predicted molar refractivity (Wildman–Crippen MR) is 90.4 cm³/mol. The molecule has 0 aromatic heterocycles. The Bertz CT molecular complexity index is 824. The molecule has 0 atom stereocenters. The molecule has 1 aliphatic rings. The molecule has 0 saturated heterocycles. The lowest BCUT2D eigenvalue weighted by Crippen LogP contribution is -2.16. The number of hydrogen-bond acceptors (Lipinski definition) is 6. The van der Waals surface area contributed by atoms with E-state index in [-0.39, 0.29) is 11.5 Å². The maximum absolute atomic E-state index is 12.2. The average molecular weight is 341 g/mol. The topological polar surface area (TPSA) is 87.9 Å². The normalized spacial score (nSPS) is 12.8. The summed E-state index contributed by atoms with van der Waals surface area (Å²) < 4.78 is 16.4. The van der Waals surface area contributed by atoms with E-state index >= 15 is 0 Å². The molecule has 0 bridgehead atoms. The highest BCUT2D eigenvalue weighted by molar-refractivity contribution is 6.06. The minimum atomic E-state index is -0.508. The number of non-ortho nitro benzene ring substituents is 1. The first-order chi connectivity index (χ1) is 12.1. The van der Waals surface area contributed by atoms with E-state index in [2.05, 4.69) is 0 Å². The van der Waals surface area contributed by atoms with Crippen molar-refractivity contribution in [1.29, 1.82) is 0 Å². The summed E-state index contributed by atoms with van der Waals surface area (Å²) in [4.78, 5) is 22.3. The van der Waals surface area contributed by atoms with Crippen LogP contribution in [0, 0.1) is 10.1 Å². The van der Waals surface area contributed by atoms with Gasteiger partial charge in [0.2, 0.25) is 5.75 Å². The number of ketones is 1. The second-order valence-electron chi connectivity index (χ2n) is 5.25. The molecule has 0 aliphatic carbocycles. The van der Waals surface area contributed by atoms with Gasteiger partial charge in [0, 0.05) is 17.7 Å². The summed E-state index contributed by atoms with van der Waals surface area (Å²) in [5, 5.41) is 10.6. The smallest absolute Gasteiger partial charge is 0.269 e. The number of nitro groups is 1. The largest absolute Gasteiger partial charge is 0.493 e. The van der Waals surface area contributed by atoms with Gasteiger partial charge in [-0.25, -0.2) is 0 Å². The van der Waals surface area contributed by atoms with E-state index in [9.17, 15) is 14.9 Å². The monoisotopic (exact) mass is 341 g/mol. The third-order valence-electron chi connectivity index (χ3n) is 3.64. The number of benzene rings is 2. The third kappa shape index (κ3) is 3.60. The van der Waals surface area contributed by atoms with Crippen LogP contribution in [0.15, 0.2) is 42.5 Å². The lowest BCUT2D eigenvalue weighted by atomic mass is 10.1. The van der Waals surface area contributed by atoms with E-state index in [1.807, 2.05) is 0 Å². The summed E-state index contributed by atoms with van der Waals surface area (Å²) in [7, 11) is 1.53. The van der Waals surface area contributed by atoms with E-state index in [1.165, 1.54) is 37.5 Å². The first kappa shape index (κ1) is 16.5. The maximum Gasteiger partial charge on any atom is 0.269 e. The van der Waals surface area contributed by atoms with Crippen LogP contribution in [0.4, 0.5) is 5.69 Å². The van der Waals surface area contributed by atoms with E-state index in [4.69, 9.17) is 14.2 Å². The predicted octanol–water partition coefficient (Wildman–Crippen LogP) is 3.27. The van der Waals surface area contributed by atoms with Crippen LogP contribution < -0.4 is 14.2 Å². The van der Waals surface area contributed by atoms with Gasteiger partial charge in [-0.3, -0.25) is 14.9 Å². The van der Waals surface area contributed by atoms with Crippen molar-refractivity contribution in [3.8, 4) is 17.2 Å². The molecule has 2 aromatic rings. The Hall–Kier alpha value is -3.35. The van der Waals surface area contributed by atoms with Crippen LogP contribution in [0.3, 0.4) is 0 Å². The van der Waals surface area contributed by atoms with Crippen LogP contribution in [-0.2, 0) is 0 Å². The van der Waals surface area contributed by atoms with Crippen molar-refractivity contribution in [2.45, 2.75) is 0 Å². The summed E-state index contributed by atoms with van der Waals surface area (Å²) in [6.07, 6.45) is 3.02. The van der Waals surface area contributed by atoms with Crippen LogP contribution in [0.5, 0.6) is 17.2 Å². The van der Waals surface area contributed by atoms with Gasteiger partial charge in [-0.15, -0.1) is 0 Å². The molecular weight excluding hydrogens is 326 g/mol. The Labute approximate surface area is 143 Å². The van der Waals surface area contributed by atoms with Crippen LogP contribution in [0.1, 0.15) is 15.9 Å². The first-order valence-electron chi connectivity index (χ1n) is 7.53. The fourth-order valence-corrected chi connectivity index (χ4v) is 2.41. The Kier molecular flexibility index (Phi) is 4.65. The maximum atomic E-state index is 12.2. The van der Waals surface area contributed by atoms with Gasteiger partial charge in [0.25, 0.3) is 5.69 Å². The molecule has 1 aliphatic heterocycles. The summed E-state index contributed by atoms with van der Waals surface area (Å²) in [5.41, 5.74) is 1.03. The molecule has 0 amide bonds. The highest BCUT2D eigenvalue weighted by atomic mass is 16.6. The summed E-state index contributed by atoms with van der Waals surface area (Å²) in [5.74, 6) is 1.38. The van der Waals surface area contributed by atoms with Crippen molar-refractivity contribution in [2.75, 3.05) is 20.3 Å². The van der Waals surface area contributed by atoms with Gasteiger partial charge in [0.05, 0.1) is 12.0 Å². The molecule has 1 heterocycles. The molecule has 0 fully saturated rings. The zero-order valence-electron chi connectivity index (χ0n) is 13.4. The summed E-state index contributed by atoms with van der Waals surface area (Å²) in [6, 6.07) is 8.95. The molecule has 0 saturated carbocycles. The molecule has 25 heavy (non-hydrogen) atoms. The Morgan fingerprint density at radius 1 is 1.20 bits per heavy atom. The van der Waals surface area contributed by atoms with Crippen molar-refractivity contribution in [3.05, 3.63) is 63.7 Å². The van der Waals surface area contributed by atoms with Crippen LogP contribution >= 0.6 is 0 Å². The fourth-order valence-electron chi connectivity index (χ4n) is 2.41. The van der Waals surface area contributed by atoms with Crippen molar-refractivity contribution in [3.63, 3.8) is 0 Å². The van der Waals surface area contributed by atoms with Gasteiger partial charge in [-0.2, -0.15) is 0 Å². The van der Waals surface area contributed by atoms with Crippen molar-refractivity contribution in [1.82, 2.24) is 0 Å². The van der Waals surface area contributed by atoms with E-state index in [0.29, 0.717) is 36.0 Å². The van der Waals surface area contributed by atoms with Gasteiger partial charge in [0.1, 0.15) is 13.2 Å². The van der Waals surface area contributed by atoms with Crippen LogP contribution in [0.2, 0.25) is 0 Å². The number of rotatable bonds is 5. The molecule has 7 nitrogen and oxygen atoms in total. The van der Waals surface area contributed by atoms with Crippen molar-refractivity contribution < 1.29 is 23.9 Å². The number of fused-ring (bicyclic) bond motifs is 1. The van der Waals surface area contributed by atoms with Gasteiger partial charge in [-0.1, -0.05) is 6.08 Å². The zero-order chi connectivity index (χ0) is 17.8. The molecule has 128 valence electrons. The van der Waals surface area contributed by atoms with Crippen LogP contribution in [0.25, 0.3) is 6.08 Å². The number of carbonyl (C=O) groups excluding carboxylic acids is 1. The molecule has 2 aromatic carbocycles. The molecule has 0 spiro atoms. The molecule has 3 rings (SSSR count). The van der Waals surface area contributed by atoms with E-state index < -0.39 is 4.92 Å². The lowest BCUT2D eigenvalue weighted by molar-refractivity contribution is -0.384. The number of nitrogens with zero attached hydrogens (tertiary/aromatic N) is 1. The summed E-state index contributed by atoms with van der Waals surface area (Å²) in [6.45, 7) is 0.905. The minimum Gasteiger partial charge on any atom is -0.493 e. The Morgan fingerprint density at radius 3 is 2.60 bits per heavy atom. The van der Waals surface area contributed by atoms with Crippen LogP contribution in [-0.4, -0.2) is 31.0 Å². The first-order valence-corrected chi connectivity index (χ1v) is 7.53. The van der Waals surface area contributed by atoms with Gasteiger partial charge < -0.3 is 14.2 Å². The highest BCUT2D eigenvalue weighted by Gasteiger charge is 2.17. The average Bonchev–Trinajstić information content (AvgIpc) is 2.65. The van der Waals surface area contributed by atoms with Crippen molar-refractivity contribution >= 4 is 17.5 Å². The molecule has 7 heteroatoms. The number of carbonyl (C=O) groups is 1. The number of methoxy groups -OCH3 is 1. The number of hydrogen-bond donors (Lipinski definition) is 0. The van der Waals surface area contributed by atoms with E-state index in [0.717, 1.165) is 5.56 Å². The van der Waals surface area contributed by atoms with Gasteiger partial charge in [-0.05, 0) is 35.9 Å². The Morgan fingerprint density at radius 2 is 1.92 bits per heavy atom. The SMILES string of the molecule is COc1cc(/C=C/C(=O)c2ccc([N+](=O)[O-])cc2)cc2c1OCCO2. The number of ether oxygens (including phenoxy) is 3. The molecular formula is C18H15NO6. The van der Waals surface area contributed by atoms with Crippen molar-refractivity contribution in [2.24, 2.45) is 0 Å². The van der Waals surface area contributed by atoms with Gasteiger partial charge in [0.15, 0.2) is 17.3 Å². The molecule has 0 radical (unpaired) electrons. The fraction of sp³-hybridized carbons (Fsp3) is 0.167. The second kappa shape index (κ2) is 7.04. The van der Waals surface area contributed by atoms with E-state index in [1.54, 1.807) is 18.2 Å². The van der Waals surface area contributed by atoms with Gasteiger partial charge >= 0.3 is 0 Å².